The van der Waals surface area contributed by atoms with Gasteiger partial charge in [-0.3, -0.25) is 4.79 Å². The molecular formula is C21H21F3N6O. The zero-order valence-electron chi connectivity index (χ0n) is 16.5. The fourth-order valence-electron chi connectivity index (χ4n) is 4.18. The summed E-state index contributed by atoms with van der Waals surface area (Å²) in [5.41, 5.74) is 4.95. The van der Waals surface area contributed by atoms with Gasteiger partial charge in [-0.15, -0.1) is 0 Å². The van der Waals surface area contributed by atoms with Gasteiger partial charge in [0.15, 0.2) is 5.82 Å². The zero-order chi connectivity index (χ0) is 22.0. The first kappa shape index (κ1) is 20.8. The maximum Gasteiger partial charge on any atom is 0.416 e. The van der Waals surface area contributed by atoms with E-state index < -0.39 is 11.7 Å². The number of aliphatic imine (C=N–C) groups is 1. The van der Waals surface area contributed by atoms with E-state index in [-0.39, 0.29) is 18.0 Å². The lowest BCUT2D eigenvalue weighted by atomic mass is 10.1. The van der Waals surface area contributed by atoms with E-state index in [1.807, 2.05) is 4.90 Å². The number of piperazine rings is 1. The molecule has 2 saturated heterocycles. The Kier molecular flexibility index (Phi) is 5.62. The van der Waals surface area contributed by atoms with Gasteiger partial charge in [0.2, 0.25) is 0 Å². The maximum absolute atomic E-state index is 13.2. The second-order valence-electron chi connectivity index (χ2n) is 7.44. The third-order valence-electron chi connectivity index (χ3n) is 5.52. The number of amides is 1. The molecular weight excluding hydrogens is 409 g/mol. The van der Waals surface area contributed by atoms with Crippen LogP contribution in [-0.4, -0.2) is 52.2 Å². The molecule has 0 radical (unpaired) electrons. The van der Waals surface area contributed by atoms with Crippen LogP contribution >= 0.6 is 0 Å². The highest BCUT2D eigenvalue weighted by molar-refractivity contribution is 5.99. The van der Waals surface area contributed by atoms with Crippen molar-refractivity contribution in [2.45, 2.75) is 31.1 Å². The average molecular weight is 430 g/mol. The van der Waals surface area contributed by atoms with Gasteiger partial charge in [0.25, 0.3) is 5.91 Å². The number of likely N-dealkylation sites (tertiary alicyclic amines) is 1. The molecule has 31 heavy (non-hydrogen) atoms. The van der Waals surface area contributed by atoms with E-state index in [1.165, 1.54) is 24.7 Å². The first-order valence-electron chi connectivity index (χ1n) is 9.85. The van der Waals surface area contributed by atoms with E-state index in [4.69, 9.17) is 5.73 Å². The van der Waals surface area contributed by atoms with Crippen LogP contribution in [0, 0.1) is 0 Å². The smallest absolute Gasteiger partial charge is 0.405 e. The van der Waals surface area contributed by atoms with Gasteiger partial charge in [0.1, 0.15) is 5.82 Å². The van der Waals surface area contributed by atoms with Crippen LogP contribution in [-0.2, 0) is 6.18 Å². The molecule has 1 amide bonds. The molecule has 0 saturated carbocycles. The van der Waals surface area contributed by atoms with E-state index in [2.05, 4.69) is 15.0 Å². The normalized spacial score (nSPS) is 21.4. The minimum atomic E-state index is -4.43. The third kappa shape index (κ3) is 4.23. The lowest BCUT2D eigenvalue weighted by Gasteiger charge is -2.42. The van der Waals surface area contributed by atoms with Crippen LogP contribution in [0.4, 0.5) is 24.8 Å². The summed E-state index contributed by atoms with van der Waals surface area (Å²) in [4.78, 5) is 29.4. The Hall–Kier alpha value is -3.43. The van der Waals surface area contributed by atoms with Gasteiger partial charge < -0.3 is 15.5 Å². The van der Waals surface area contributed by atoms with Gasteiger partial charge in [0.05, 0.1) is 11.1 Å². The lowest BCUT2D eigenvalue weighted by Crippen LogP contribution is -2.55. The highest BCUT2D eigenvalue weighted by atomic mass is 19.4. The number of hydrogen-bond acceptors (Lipinski definition) is 6. The predicted octanol–water partition coefficient (Wildman–Crippen LogP) is 3.16. The molecule has 0 aliphatic carbocycles. The van der Waals surface area contributed by atoms with Crippen LogP contribution in [0.2, 0.25) is 0 Å². The number of alkyl halides is 3. The summed E-state index contributed by atoms with van der Waals surface area (Å²) in [6.45, 7) is 0.794. The molecule has 2 aliphatic heterocycles. The van der Waals surface area contributed by atoms with E-state index in [0.29, 0.717) is 30.3 Å². The van der Waals surface area contributed by atoms with Crippen molar-refractivity contribution in [1.29, 1.82) is 0 Å². The molecule has 4 heterocycles. The summed E-state index contributed by atoms with van der Waals surface area (Å²) in [5.74, 6) is 0.389. The van der Waals surface area contributed by atoms with Crippen molar-refractivity contribution in [3.05, 3.63) is 60.1 Å². The number of anilines is 1. The molecule has 10 heteroatoms. The van der Waals surface area contributed by atoms with E-state index in [0.717, 1.165) is 25.0 Å². The van der Waals surface area contributed by atoms with Gasteiger partial charge in [-0.1, -0.05) is 0 Å². The van der Waals surface area contributed by atoms with Crippen molar-refractivity contribution < 1.29 is 18.0 Å². The fourth-order valence-corrected chi connectivity index (χ4v) is 4.18. The van der Waals surface area contributed by atoms with Crippen molar-refractivity contribution in [2.75, 3.05) is 18.0 Å². The van der Waals surface area contributed by atoms with Crippen molar-refractivity contribution in [3.8, 4) is 0 Å². The van der Waals surface area contributed by atoms with Crippen molar-refractivity contribution in [3.63, 3.8) is 0 Å². The Balaban J connectivity index is 1.55. The monoisotopic (exact) mass is 430 g/mol. The number of nitrogens with zero attached hydrogens (tertiary/aromatic N) is 5. The summed E-state index contributed by atoms with van der Waals surface area (Å²) in [7, 11) is 0. The first-order chi connectivity index (χ1) is 14.9. The number of fused-ring (bicyclic) bond motifs is 2. The molecule has 7 nitrogen and oxygen atoms in total. The van der Waals surface area contributed by atoms with Gasteiger partial charge >= 0.3 is 6.18 Å². The van der Waals surface area contributed by atoms with Crippen molar-refractivity contribution in [1.82, 2.24) is 14.9 Å². The highest BCUT2D eigenvalue weighted by Gasteiger charge is 2.43. The van der Waals surface area contributed by atoms with Crippen molar-refractivity contribution in [2.24, 2.45) is 10.7 Å². The Labute approximate surface area is 177 Å². The molecule has 4 rings (SSSR count). The minimum absolute atomic E-state index is 0.0949. The van der Waals surface area contributed by atoms with Crippen LogP contribution in [0.5, 0.6) is 0 Å². The van der Waals surface area contributed by atoms with E-state index in [9.17, 15) is 18.0 Å². The number of carbonyl (C=O) groups excluding carboxylic acids is 1. The molecule has 2 aromatic rings. The zero-order valence-corrected chi connectivity index (χ0v) is 16.5. The number of pyridine rings is 2. The molecule has 0 spiro atoms. The van der Waals surface area contributed by atoms with Gasteiger partial charge in [-0.05, 0) is 49.4 Å². The summed E-state index contributed by atoms with van der Waals surface area (Å²) in [6.07, 6.45) is 4.19. The lowest BCUT2D eigenvalue weighted by molar-refractivity contribution is -0.137. The predicted molar refractivity (Wildman–Crippen MR) is 110 cm³/mol. The van der Waals surface area contributed by atoms with E-state index >= 15 is 0 Å². The number of halogens is 3. The first-order valence-corrected chi connectivity index (χ1v) is 9.85. The quantitative estimate of drug-likeness (QED) is 0.753. The van der Waals surface area contributed by atoms with Gasteiger partial charge in [-0.2, -0.15) is 13.2 Å². The van der Waals surface area contributed by atoms with Crippen LogP contribution in [0.25, 0.3) is 0 Å². The molecule has 2 fully saturated rings. The Morgan fingerprint density at radius 1 is 1.16 bits per heavy atom. The molecule has 2 N–H and O–H groups in total. The summed E-state index contributed by atoms with van der Waals surface area (Å²) < 4.78 is 39.4. The van der Waals surface area contributed by atoms with Crippen LogP contribution in [0.1, 0.15) is 28.8 Å². The van der Waals surface area contributed by atoms with Crippen LogP contribution < -0.4 is 10.6 Å². The maximum atomic E-state index is 13.2. The minimum Gasteiger partial charge on any atom is -0.405 e. The molecule has 0 aromatic carbocycles. The molecule has 2 unspecified atom stereocenters. The van der Waals surface area contributed by atoms with E-state index in [1.54, 1.807) is 23.2 Å². The summed E-state index contributed by atoms with van der Waals surface area (Å²) in [5, 5.41) is 0. The van der Waals surface area contributed by atoms with Gasteiger partial charge in [-0.25, -0.2) is 15.0 Å². The molecule has 2 aliphatic rings. The average Bonchev–Trinajstić information content (AvgIpc) is 3.02. The molecule has 162 valence electrons. The van der Waals surface area contributed by atoms with Crippen molar-refractivity contribution >= 4 is 23.8 Å². The Morgan fingerprint density at radius 2 is 1.90 bits per heavy atom. The van der Waals surface area contributed by atoms with Crippen LogP contribution in [0.15, 0.2) is 53.9 Å². The SMILES string of the molecule is NC=CC=Nc1ncccc1C(=O)N1CC2CCC(C1)N2c1cc(C(F)(F)F)ccn1. The second-order valence-corrected chi connectivity index (χ2v) is 7.44. The number of nitrogens with two attached hydrogens (primary N) is 1. The third-order valence-corrected chi connectivity index (χ3v) is 5.52. The summed E-state index contributed by atoms with van der Waals surface area (Å²) in [6, 6.07) is 5.20. The number of allylic oxidation sites excluding steroid dienone is 1. The van der Waals surface area contributed by atoms with Gasteiger partial charge in [0, 0.05) is 43.8 Å². The number of aromatic nitrogens is 2. The molecule has 2 bridgehead atoms. The fraction of sp³-hybridized carbons (Fsp3) is 0.333. The number of rotatable bonds is 4. The molecule has 2 aromatic heterocycles. The molecule has 2 atom stereocenters. The standard InChI is InChI=1S/C21H21F3N6O/c22-21(23,24)14-6-10-26-18(11-14)30-15-4-5-16(30)13-29(12-15)20(31)17-3-1-8-27-19(17)28-9-2-7-25/h1-3,6-11,15-16H,4-5,12-13,25H2. The summed E-state index contributed by atoms with van der Waals surface area (Å²) >= 11 is 0. The largest absolute Gasteiger partial charge is 0.416 e. The second kappa shape index (κ2) is 8.37. The topological polar surface area (TPSA) is 87.7 Å². The number of hydrogen-bond donors (Lipinski definition) is 1. The Bertz CT molecular complexity index is 1010. The van der Waals surface area contributed by atoms with Crippen LogP contribution in [0.3, 0.4) is 0 Å². The highest BCUT2D eigenvalue weighted by Crippen LogP contribution is 2.37. The Morgan fingerprint density at radius 3 is 2.58 bits per heavy atom. The number of carbonyl (C=O) groups is 1.